The highest BCUT2D eigenvalue weighted by Gasteiger charge is 2.86. The second kappa shape index (κ2) is 2.78. The Labute approximate surface area is 143 Å². The van der Waals surface area contributed by atoms with Gasteiger partial charge in [0.1, 0.15) is 0 Å². The second-order valence-corrected chi connectivity index (χ2v) is 12.2. The van der Waals surface area contributed by atoms with E-state index in [1.165, 1.54) is 11.8 Å². The zero-order chi connectivity index (χ0) is 14.7. The number of rotatable bonds is 2. The summed E-state index contributed by atoms with van der Waals surface area (Å²) in [6, 6.07) is 0. The van der Waals surface area contributed by atoms with Gasteiger partial charge in [-0.05, 0) is 121 Å². The molecule has 2 heteroatoms. The number of hydrogen-bond donors (Lipinski definition) is 0. The van der Waals surface area contributed by atoms with E-state index in [0.717, 1.165) is 71.0 Å². The maximum Gasteiger partial charge on any atom is 0.0908 e. The summed E-state index contributed by atoms with van der Waals surface area (Å²) in [5.74, 6) is 14.9. The van der Waals surface area contributed by atoms with Gasteiger partial charge >= 0.3 is 0 Å². The van der Waals surface area contributed by atoms with Gasteiger partial charge in [0.25, 0.3) is 0 Å². The normalized spacial score (nSPS) is 86.3. The lowest BCUT2D eigenvalue weighted by molar-refractivity contribution is 0.0663. The molecular formula is C22H26N2. The van der Waals surface area contributed by atoms with Gasteiger partial charge < -0.3 is 0 Å². The molecule has 0 aromatic carbocycles. The molecule has 0 aromatic rings. The van der Waals surface area contributed by atoms with Crippen molar-refractivity contribution in [2.45, 2.75) is 49.6 Å². The number of hydrogen-bond acceptors (Lipinski definition) is 2. The van der Waals surface area contributed by atoms with Crippen molar-refractivity contribution >= 4 is 0 Å². The van der Waals surface area contributed by atoms with Gasteiger partial charge in [0.05, 0.1) is 11.1 Å². The highest BCUT2D eigenvalue weighted by Crippen LogP contribution is 2.87. The first kappa shape index (κ1) is 11.3. The molecular weight excluding hydrogens is 292 g/mol. The van der Waals surface area contributed by atoms with E-state index < -0.39 is 0 Å². The topological polar surface area (TPSA) is 24.7 Å². The van der Waals surface area contributed by atoms with Gasteiger partial charge in [0.15, 0.2) is 0 Å². The van der Waals surface area contributed by atoms with E-state index in [1.54, 1.807) is 38.5 Å². The minimum Gasteiger partial charge on any atom is -0.186 e. The van der Waals surface area contributed by atoms with Gasteiger partial charge in [-0.3, -0.25) is 0 Å². The van der Waals surface area contributed by atoms with Crippen LogP contribution in [-0.2, 0) is 0 Å². The van der Waals surface area contributed by atoms with Crippen LogP contribution in [0.4, 0.5) is 0 Å². The van der Waals surface area contributed by atoms with Crippen LogP contribution in [0.5, 0.6) is 0 Å². The Morgan fingerprint density at radius 2 is 0.667 bits per heavy atom. The van der Waals surface area contributed by atoms with Crippen molar-refractivity contribution in [3.05, 3.63) is 0 Å². The molecule has 12 atom stereocenters. The largest absolute Gasteiger partial charge is 0.186 e. The molecule has 124 valence electrons. The first-order valence-corrected chi connectivity index (χ1v) is 11.3. The summed E-state index contributed by atoms with van der Waals surface area (Å²) in [7, 11) is 0. The van der Waals surface area contributed by atoms with E-state index >= 15 is 0 Å². The molecule has 24 heavy (non-hydrogen) atoms. The summed E-state index contributed by atoms with van der Waals surface area (Å²) in [6.45, 7) is 0. The fourth-order valence-electron chi connectivity index (χ4n) is 11.2. The Kier molecular flexibility index (Phi) is 1.31. The highest BCUT2D eigenvalue weighted by atomic mass is 15.3. The molecule has 0 spiro atoms. The molecule has 0 radical (unpaired) electrons. The van der Waals surface area contributed by atoms with Crippen molar-refractivity contribution in [3.63, 3.8) is 0 Å². The number of azo groups is 1. The van der Waals surface area contributed by atoms with E-state index in [0.29, 0.717) is 11.1 Å². The lowest BCUT2D eigenvalue weighted by Gasteiger charge is -2.45. The summed E-state index contributed by atoms with van der Waals surface area (Å²) < 4.78 is 0. The van der Waals surface area contributed by atoms with E-state index in [9.17, 15) is 0 Å². The lowest BCUT2D eigenvalue weighted by Crippen LogP contribution is -2.49. The molecule has 0 N–H and O–H groups in total. The maximum absolute atomic E-state index is 5.59. The monoisotopic (exact) mass is 318 g/mol. The van der Waals surface area contributed by atoms with Crippen molar-refractivity contribution in [3.8, 4) is 0 Å². The van der Waals surface area contributed by atoms with Gasteiger partial charge in [-0.2, -0.15) is 10.2 Å². The van der Waals surface area contributed by atoms with E-state index in [4.69, 9.17) is 10.2 Å². The van der Waals surface area contributed by atoms with Crippen LogP contribution in [0.3, 0.4) is 0 Å². The standard InChI is InChI=1S/C22H26N2/c1-7-13(1)21(14-2-8(14)19(7)9-3-15(9)21)23-24-22-16-4-10(16)20(11-5-17(11)22)12-6-18(12)22/h7-20H,1-6H2/t7-,8-,9-,10-,11-,12-,13+,14+,15+,16+,17+,18+,19?,20?,21?,22?/m1/s1. The zero-order valence-corrected chi connectivity index (χ0v) is 14.2. The van der Waals surface area contributed by atoms with Gasteiger partial charge in [0, 0.05) is 0 Å². The molecule has 12 fully saturated rings. The van der Waals surface area contributed by atoms with Crippen LogP contribution < -0.4 is 0 Å². The van der Waals surface area contributed by atoms with E-state index in [1.807, 2.05) is 0 Å². The Balaban J connectivity index is 1.15. The molecule has 12 saturated carbocycles. The van der Waals surface area contributed by atoms with Crippen LogP contribution in [0.1, 0.15) is 38.5 Å². The third-order valence-corrected chi connectivity index (χ3v) is 12.0. The zero-order valence-electron chi connectivity index (χ0n) is 14.2. The Hall–Kier alpha value is -0.400. The SMILES string of the molecule is C1[C@H]2C3[C@@H]4C[C@@H]4C(N=NC45[C@H]6C[C@H]6C([C@@H]6C[C@@H]64)[C@@H]4C[C@@H]45)([C@@H]12)[C@H]1C[C@@H]31. The molecule has 0 saturated heterocycles. The van der Waals surface area contributed by atoms with Crippen LogP contribution in [0.25, 0.3) is 0 Å². The van der Waals surface area contributed by atoms with Crippen molar-refractivity contribution < 1.29 is 0 Å². The molecule has 0 amide bonds. The minimum atomic E-state index is 0.400. The minimum absolute atomic E-state index is 0.400. The average molecular weight is 318 g/mol. The first-order chi connectivity index (χ1) is 11.8. The molecule has 2 nitrogen and oxygen atoms in total. The molecule has 0 heterocycles. The Morgan fingerprint density at radius 1 is 0.417 bits per heavy atom. The van der Waals surface area contributed by atoms with Gasteiger partial charge in [-0.1, -0.05) is 0 Å². The average Bonchev–Trinajstić information content (AvgIpc) is 3.42. The summed E-state index contributed by atoms with van der Waals surface area (Å²) in [5, 5.41) is 11.2. The first-order valence-electron chi connectivity index (χ1n) is 11.3. The van der Waals surface area contributed by atoms with Crippen molar-refractivity contribution in [1.82, 2.24) is 0 Å². The smallest absolute Gasteiger partial charge is 0.0908 e. The quantitative estimate of drug-likeness (QED) is 0.687. The van der Waals surface area contributed by atoms with Gasteiger partial charge in [0.2, 0.25) is 0 Å². The fourth-order valence-corrected chi connectivity index (χ4v) is 11.2. The van der Waals surface area contributed by atoms with Crippen LogP contribution in [0.2, 0.25) is 0 Å². The third kappa shape index (κ3) is 0.871. The fraction of sp³-hybridized carbons (Fsp3) is 1.00. The number of nitrogens with zero attached hydrogens (tertiary/aromatic N) is 2. The third-order valence-electron chi connectivity index (χ3n) is 12.0. The van der Waals surface area contributed by atoms with E-state index in [2.05, 4.69) is 0 Å². The van der Waals surface area contributed by atoms with Crippen LogP contribution in [-0.4, -0.2) is 11.1 Å². The molecule has 12 aliphatic carbocycles. The van der Waals surface area contributed by atoms with Crippen molar-refractivity contribution in [1.29, 1.82) is 0 Å². The van der Waals surface area contributed by atoms with Gasteiger partial charge in [-0.25, -0.2) is 0 Å². The predicted octanol–water partition coefficient (Wildman–Crippen LogP) is 4.02. The summed E-state index contributed by atoms with van der Waals surface area (Å²) in [4.78, 5) is 0. The van der Waals surface area contributed by atoms with Crippen LogP contribution in [0.15, 0.2) is 10.2 Å². The summed E-state index contributed by atoms with van der Waals surface area (Å²) in [6.07, 6.45) is 9.27. The van der Waals surface area contributed by atoms with E-state index in [-0.39, 0.29) is 0 Å². The van der Waals surface area contributed by atoms with Gasteiger partial charge in [-0.15, -0.1) is 0 Å². The molecule has 12 aliphatic rings. The lowest BCUT2D eigenvalue weighted by atomic mass is 9.65. The summed E-state index contributed by atoms with van der Waals surface area (Å²) in [5.41, 5.74) is 0.800. The molecule has 0 aliphatic heterocycles. The molecule has 0 unspecified atom stereocenters. The molecule has 4 bridgehead atoms. The highest BCUT2D eigenvalue weighted by molar-refractivity contribution is 5.37. The molecule has 0 aromatic heterocycles. The Morgan fingerprint density at radius 3 is 0.917 bits per heavy atom. The van der Waals surface area contributed by atoms with Crippen molar-refractivity contribution in [2.24, 2.45) is 93.1 Å². The maximum atomic E-state index is 5.59. The summed E-state index contributed by atoms with van der Waals surface area (Å²) >= 11 is 0. The van der Waals surface area contributed by atoms with Crippen LogP contribution in [0, 0.1) is 82.9 Å². The van der Waals surface area contributed by atoms with Crippen LogP contribution >= 0.6 is 0 Å². The second-order valence-electron chi connectivity index (χ2n) is 12.2. The van der Waals surface area contributed by atoms with Crippen molar-refractivity contribution in [2.75, 3.05) is 0 Å². The Bertz CT molecular complexity index is 630. The molecule has 12 rings (SSSR count). The predicted molar refractivity (Wildman–Crippen MR) is 86.9 cm³/mol.